The van der Waals surface area contributed by atoms with Crippen LogP contribution in [0.1, 0.15) is 17.0 Å². The highest BCUT2D eigenvalue weighted by atomic mass is 32.2. The first-order chi connectivity index (χ1) is 10.4. The van der Waals surface area contributed by atoms with Crippen molar-refractivity contribution >= 4 is 21.1 Å². The van der Waals surface area contributed by atoms with Gasteiger partial charge < -0.3 is 4.98 Å². The fourth-order valence-electron chi connectivity index (χ4n) is 2.27. The molecule has 0 saturated carbocycles. The van der Waals surface area contributed by atoms with Gasteiger partial charge in [0.05, 0.1) is 15.9 Å². The first kappa shape index (κ1) is 14.7. The van der Waals surface area contributed by atoms with Gasteiger partial charge in [-0.2, -0.15) is 0 Å². The summed E-state index contributed by atoms with van der Waals surface area (Å²) in [6, 6.07) is 12.5. The van der Waals surface area contributed by atoms with E-state index in [2.05, 4.69) is 14.7 Å². The molecule has 22 heavy (non-hydrogen) atoms. The number of fused-ring (bicyclic) bond motifs is 1. The van der Waals surface area contributed by atoms with Crippen LogP contribution in [0.3, 0.4) is 0 Å². The number of aromatic amines is 1. The number of H-pyrrole nitrogens is 1. The molecular weight excluding hydrogens is 298 g/mol. The van der Waals surface area contributed by atoms with Crippen LogP contribution in [-0.2, 0) is 16.6 Å². The number of benzene rings is 2. The van der Waals surface area contributed by atoms with Gasteiger partial charge in [-0.15, -0.1) is 0 Å². The lowest BCUT2D eigenvalue weighted by Gasteiger charge is -2.07. The van der Waals surface area contributed by atoms with Crippen LogP contribution in [0.2, 0.25) is 0 Å². The number of nitrogens with one attached hydrogen (secondary N) is 2. The van der Waals surface area contributed by atoms with Gasteiger partial charge in [0, 0.05) is 6.54 Å². The summed E-state index contributed by atoms with van der Waals surface area (Å²) in [7, 11) is -3.50. The van der Waals surface area contributed by atoms with E-state index >= 15 is 0 Å². The number of hydrogen-bond acceptors (Lipinski definition) is 3. The van der Waals surface area contributed by atoms with E-state index < -0.39 is 10.0 Å². The Balaban J connectivity index is 1.78. The van der Waals surface area contributed by atoms with Gasteiger partial charge >= 0.3 is 0 Å². The van der Waals surface area contributed by atoms with Crippen molar-refractivity contribution in [3.05, 3.63) is 59.4 Å². The molecule has 0 atom stereocenters. The van der Waals surface area contributed by atoms with Crippen molar-refractivity contribution in [3.8, 4) is 0 Å². The summed E-state index contributed by atoms with van der Waals surface area (Å²) in [6.45, 7) is 4.05. The van der Waals surface area contributed by atoms with E-state index in [0.29, 0.717) is 0 Å². The Kier molecular flexibility index (Phi) is 3.72. The molecule has 0 radical (unpaired) electrons. The SMILES string of the molecule is Cc1ccc(S(=O)(=O)NCc2ccc3nc(C)[nH]c3c2)cc1. The summed E-state index contributed by atoms with van der Waals surface area (Å²) >= 11 is 0. The van der Waals surface area contributed by atoms with Crippen LogP contribution >= 0.6 is 0 Å². The van der Waals surface area contributed by atoms with Gasteiger partial charge in [-0.1, -0.05) is 23.8 Å². The fourth-order valence-corrected chi connectivity index (χ4v) is 3.29. The molecule has 2 aromatic carbocycles. The van der Waals surface area contributed by atoms with Crippen LogP contribution in [0.4, 0.5) is 0 Å². The van der Waals surface area contributed by atoms with Gasteiger partial charge in [-0.25, -0.2) is 18.1 Å². The molecule has 3 aromatic rings. The molecule has 0 saturated heterocycles. The third-order valence-electron chi connectivity index (χ3n) is 3.46. The maximum Gasteiger partial charge on any atom is 0.240 e. The van der Waals surface area contributed by atoms with E-state index in [1.54, 1.807) is 24.3 Å². The third-order valence-corrected chi connectivity index (χ3v) is 4.88. The first-order valence-electron chi connectivity index (χ1n) is 6.96. The Morgan fingerprint density at radius 2 is 1.82 bits per heavy atom. The average molecular weight is 315 g/mol. The quantitative estimate of drug-likeness (QED) is 0.777. The second-order valence-electron chi connectivity index (χ2n) is 5.31. The van der Waals surface area contributed by atoms with Gasteiger partial charge in [-0.05, 0) is 43.7 Å². The van der Waals surface area contributed by atoms with Gasteiger partial charge in [0.2, 0.25) is 10.0 Å². The molecule has 6 heteroatoms. The van der Waals surface area contributed by atoms with Gasteiger partial charge in [0.1, 0.15) is 5.82 Å². The molecular formula is C16H17N3O2S. The predicted octanol–water partition coefficient (Wildman–Crippen LogP) is 2.66. The zero-order chi connectivity index (χ0) is 15.7. The van der Waals surface area contributed by atoms with Crippen molar-refractivity contribution in [2.24, 2.45) is 0 Å². The molecule has 0 aliphatic rings. The second-order valence-corrected chi connectivity index (χ2v) is 7.08. The van der Waals surface area contributed by atoms with Crippen molar-refractivity contribution in [2.75, 3.05) is 0 Å². The highest BCUT2D eigenvalue weighted by Gasteiger charge is 2.13. The number of nitrogens with zero attached hydrogens (tertiary/aromatic N) is 1. The number of rotatable bonds is 4. The summed E-state index contributed by atoms with van der Waals surface area (Å²) in [5, 5.41) is 0. The minimum Gasteiger partial charge on any atom is -0.342 e. The average Bonchev–Trinajstić information content (AvgIpc) is 2.85. The van der Waals surface area contributed by atoms with Crippen LogP contribution in [0.25, 0.3) is 11.0 Å². The monoisotopic (exact) mass is 315 g/mol. The largest absolute Gasteiger partial charge is 0.342 e. The van der Waals surface area contributed by atoms with E-state index in [1.807, 2.05) is 32.0 Å². The van der Waals surface area contributed by atoms with Gasteiger partial charge in [0.15, 0.2) is 0 Å². The number of hydrogen-bond donors (Lipinski definition) is 2. The maximum atomic E-state index is 12.3. The standard InChI is InChI=1S/C16H17N3O2S/c1-11-3-6-14(7-4-11)22(20,21)17-10-13-5-8-15-16(9-13)19-12(2)18-15/h3-9,17H,10H2,1-2H3,(H,18,19). The highest BCUT2D eigenvalue weighted by molar-refractivity contribution is 7.89. The van der Waals surface area contributed by atoms with E-state index in [4.69, 9.17) is 0 Å². The van der Waals surface area contributed by atoms with E-state index in [9.17, 15) is 8.42 Å². The molecule has 1 aromatic heterocycles. The van der Waals surface area contributed by atoms with Crippen molar-refractivity contribution in [1.29, 1.82) is 0 Å². The molecule has 5 nitrogen and oxygen atoms in total. The molecule has 0 aliphatic heterocycles. The predicted molar refractivity (Wildman–Crippen MR) is 86.0 cm³/mol. The van der Waals surface area contributed by atoms with E-state index in [1.165, 1.54) is 0 Å². The number of aromatic nitrogens is 2. The van der Waals surface area contributed by atoms with Crippen molar-refractivity contribution in [2.45, 2.75) is 25.3 Å². The molecule has 2 N–H and O–H groups in total. The van der Waals surface area contributed by atoms with Crippen LogP contribution in [0.5, 0.6) is 0 Å². The normalized spacial score (nSPS) is 11.9. The molecule has 0 amide bonds. The summed E-state index contributed by atoms with van der Waals surface area (Å²) < 4.78 is 27.1. The lowest BCUT2D eigenvalue weighted by molar-refractivity contribution is 0.581. The Bertz CT molecular complexity index is 912. The minimum atomic E-state index is -3.50. The molecule has 0 unspecified atom stereocenters. The van der Waals surface area contributed by atoms with E-state index in [0.717, 1.165) is 28.0 Å². The van der Waals surface area contributed by atoms with Crippen LogP contribution < -0.4 is 4.72 Å². The summed E-state index contributed by atoms with van der Waals surface area (Å²) in [5.74, 6) is 0.840. The Labute approximate surface area is 129 Å². The van der Waals surface area contributed by atoms with E-state index in [-0.39, 0.29) is 11.4 Å². The summed E-state index contributed by atoms with van der Waals surface area (Å²) in [4.78, 5) is 7.74. The fraction of sp³-hybridized carbons (Fsp3) is 0.188. The number of imidazole rings is 1. The van der Waals surface area contributed by atoms with Crippen molar-refractivity contribution in [1.82, 2.24) is 14.7 Å². The van der Waals surface area contributed by atoms with Crippen LogP contribution in [0, 0.1) is 13.8 Å². The minimum absolute atomic E-state index is 0.240. The summed E-state index contributed by atoms with van der Waals surface area (Å²) in [6.07, 6.45) is 0. The van der Waals surface area contributed by atoms with Gasteiger partial charge in [0.25, 0.3) is 0 Å². The molecule has 0 aliphatic carbocycles. The lowest BCUT2D eigenvalue weighted by Crippen LogP contribution is -2.23. The molecule has 3 rings (SSSR count). The molecule has 0 spiro atoms. The molecule has 0 fully saturated rings. The number of aryl methyl sites for hydroxylation is 2. The summed E-state index contributed by atoms with van der Waals surface area (Å²) in [5.41, 5.74) is 3.69. The zero-order valence-corrected chi connectivity index (χ0v) is 13.2. The molecule has 1 heterocycles. The Morgan fingerprint density at radius 3 is 2.55 bits per heavy atom. The third kappa shape index (κ3) is 3.03. The highest BCUT2D eigenvalue weighted by Crippen LogP contribution is 2.15. The van der Waals surface area contributed by atoms with Gasteiger partial charge in [-0.3, -0.25) is 0 Å². The van der Waals surface area contributed by atoms with Crippen molar-refractivity contribution < 1.29 is 8.42 Å². The maximum absolute atomic E-state index is 12.3. The zero-order valence-electron chi connectivity index (χ0n) is 12.4. The van der Waals surface area contributed by atoms with Crippen molar-refractivity contribution in [3.63, 3.8) is 0 Å². The van der Waals surface area contributed by atoms with Crippen LogP contribution in [-0.4, -0.2) is 18.4 Å². The number of sulfonamides is 1. The Morgan fingerprint density at radius 1 is 1.09 bits per heavy atom. The topological polar surface area (TPSA) is 74.8 Å². The lowest BCUT2D eigenvalue weighted by atomic mass is 10.2. The first-order valence-corrected chi connectivity index (χ1v) is 8.44. The second kappa shape index (κ2) is 5.55. The molecule has 114 valence electrons. The Hall–Kier alpha value is -2.18. The molecule has 0 bridgehead atoms. The van der Waals surface area contributed by atoms with Crippen LogP contribution in [0.15, 0.2) is 47.4 Å². The smallest absolute Gasteiger partial charge is 0.240 e.